The summed E-state index contributed by atoms with van der Waals surface area (Å²) in [5.41, 5.74) is 9.28. The van der Waals surface area contributed by atoms with Gasteiger partial charge in [-0.1, -0.05) is 11.2 Å². The van der Waals surface area contributed by atoms with Crippen molar-refractivity contribution in [3.8, 4) is 11.5 Å². The number of nitrogens with two attached hydrogens (primary N) is 1. The predicted molar refractivity (Wildman–Crippen MR) is 75.9 cm³/mol. The molecule has 0 aliphatic heterocycles. The number of rotatable bonds is 3. The number of pyridine rings is 1. The highest BCUT2D eigenvalue weighted by Gasteiger charge is 2.11. The quantitative estimate of drug-likeness (QED) is 0.737. The lowest BCUT2D eigenvalue weighted by atomic mass is 10.1. The summed E-state index contributed by atoms with van der Waals surface area (Å²) in [5.74, 6) is 1.13. The van der Waals surface area contributed by atoms with Crippen LogP contribution in [0.1, 0.15) is 17.1 Å². The summed E-state index contributed by atoms with van der Waals surface area (Å²) >= 11 is 0. The molecule has 0 radical (unpaired) electrons. The van der Waals surface area contributed by atoms with Crippen molar-refractivity contribution < 1.29 is 4.52 Å². The Labute approximate surface area is 116 Å². The Kier molecular flexibility index (Phi) is 3.16. The van der Waals surface area contributed by atoms with Gasteiger partial charge in [0, 0.05) is 23.1 Å². The maximum atomic E-state index is 5.74. The van der Waals surface area contributed by atoms with Crippen LogP contribution in [0.25, 0.3) is 11.5 Å². The summed E-state index contributed by atoms with van der Waals surface area (Å²) in [6.45, 7) is 1.97. The first-order valence-electron chi connectivity index (χ1n) is 6.31. The van der Waals surface area contributed by atoms with Crippen molar-refractivity contribution in [3.63, 3.8) is 0 Å². The van der Waals surface area contributed by atoms with E-state index >= 15 is 0 Å². The monoisotopic (exact) mass is 266 g/mol. The Bertz CT molecular complexity index is 722. The summed E-state index contributed by atoms with van der Waals surface area (Å²) in [6, 6.07) is 11.4. The van der Waals surface area contributed by atoms with Gasteiger partial charge >= 0.3 is 0 Å². The van der Waals surface area contributed by atoms with Crippen molar-refractivity contribution in [2.24, 2.45) is 0 Å². The highest BCUT2D eigenvalue weighted by molar-refractivity contribution is 5.62. The Balaban J connectivity index is 1.87. The van der Waals surface area contributed by atoms with Gasteiger partial charge in [0.2, 0.25) is 0 Å². The van der Waals surface area contributed by atoms with Gasteiger partial charge in [0.05, 0.1) is 6.42 Å². The fraction of sp³-hybridized carbons (Fsp3) is 0.133. The van der Waals surface area contributed by atoms with Crippen LogP contribution in [-0.2, 0) is 6.42 Å². The fourth-order valence-electron chi connectivity index (χ4n) is 2.03. The minimum atomic E-state index is 0.508. The molecule has 0 unspecified atom stereocenters. The van der Waals surface area contributed by atoms with Crippen molar-refractivity contribution in [1.29, 1.82) is 0 Å². The van der Waals surface area contributed by atoms with Crippen molar-refractivity contribution >= 4 is 5.69 Å². The van der Waals surface area contributed by atoms with E-state index in [1.54, 1.807) is 6.20 Å². The van der Waals surface area contributed by atoms with Crippen LogP contribution in [0, 0.1) is 6.92 Å². The molecule has 2 N–H and O–H groups in total. The fourth-order valence-corrected chi connectivity index (χ4v) is 2.03. The van der Waals surface area contributed by atoms with Gasteiger partial charge in [-0.25, -0.2) is 0 Å². The molecule has 0 aliphatic carbocycles. The number of nitrogens with zero attached hydrogens (tertiary/aromatic N) is 3. The minimum Gasteiger partial charge on any atom is -0.399 e. The molecule has 3 rings (SSSR count). The summed E-state index contributed by atoms with van der Waals surface area (Å²) in [4.78, 5) is 8.65. The zero-order valence-corrected chi connectivity index (χ0v) is 11.1. The van der Waals surface area contributed by atoms with E-state index in [9.17, 15) is 0 Å². The lowest BCUT2D eigenvalue weighted by Gasteiger charge is -2.01. The van der Waals surface area contributed by atoms with Gasteiger partial charge in [-0.2, -0.15) is 4.98 Å². The van der Waals surface area contributed by atoms with Gasteiger partial charge in [0.25, 0.3) is 5.89 Å². The Morgan fingerprint density at radius 3 is 2.85 bits per heavy atom. The van der Waals surface area contributed by atoms with Gasteiger partial charge in [-0.15, -0.1) is 0 Å². The first kappa shape index (κ1) is 12.3. The lowest BCUT2D eigenvalue weighted by Crippen LogP contribution is -1.93. The second kappa shape index (κ2) is 5.13. The first-order chi connectivity index (χ1) is 9.72. The van der Waals surface area contributed by atoms with Crippen molar-refractivity contribution in [3.05, 3.63) is 59.7 Å². The molecular weight excluding hydrogens is 252 g/mol. The minimum absolute atomic E-state index is 0.508. The maximum absolute atomic E-state index is 5.74. The average molecular weight is 266 g/mol. The van der Waals surface area contributed by atoms with E-state index in [2.05, 4.69) is 15.1 Å². The molecule has 0 spiro atoms. The van der Waals surface area contributed by atoms with Gasteiger partial charge in [-0.05, 0) is 42.8 Å². The Hall–Kier alpha value is -2.69. The van der Waals surface area contributed by atoms with Crippen LogP contribution < -0.4 is 5.73 Å². The van der Waals surface area contributed by atoms with E-state index in [0.29, 0.717) is 18.1 Å². The third-order valence-corrected chi connectivity index (χ3v) is 3.01. The summed E-state index contributed by atoms with van der Waals surface area (Å²) < 4.78 is 5.31. The number of benzene rings is 1. The van der Waals surface area contributed by atoms with Crippen LogP contribution in [0.4, 0.5) is 5.69 Å². The number of anilines is 1. The van der Waals surface area contributed by atoms with Crippen LogP contribution in [0.5, 0.6) is 0 Å². The molecule has 2 heterocycles. The molecule has 0 saturated carbocycles. The van der Waals surface area contributed by atoms with Gasteiger partial charge in [0.1, 0.15) is 0 Å². The molecule has 0 atom stereocenters. The van der Waals surface area contributed by atoms with Crippen LogP contribution in [0.3, 0.4) is 0 Å². The molecule has 0 amide bonds. The largest absolute Gasteiger partial charge is 0.399 e. The predicted octanol–water partition coefficient (Wildman–Crippen LogP) is 2.61. The van der Waals surface area contributed by atoms with E-state index in [0.717, 1.165) is 22.5 Å². The third-order valence-electron chi connectivity index (χ3n) is 3.01. The molecule has 100 valence electrons. The SMILES string of the molecule is Cc1cc(N)ccc1-c1nc(Cc2ccccn2)no1. The summed E-state index contributed by atoms with van der Waals surface area (Å²) in [7, 11) is 0. The number of hydrogen-bond donors (Lipinski definition) is 1. The Morgan fingerprint density at radius 1 is 1.20 bits per heavy atom. The zero-order chi connectivity index (χ0) is 13.9. The molecule has 0 saturated heterocycles. The highest BCUT2D eigenvalue weighted by Crippen LogP contribution is 2.23. The maximum Gasteiger partial charge on any atom is 0.258 e. The molecule has 0 aliphatic rings. The number of nitrogen functional groups attached to an aromatic ring is 1. The number of aryl methyl sites for hydroxylation is 1. The molecule has 3 aromatic rings. The molecular formula is C15H14N4O. The van der Waals surface area contributed by atoms with Gasteiger partial charge in [0.15, 0.2) is 5.82 Å². The average Bonchev–Trinajstić information content (AvgIpc) is 2.88. The van der Waals surface area contributed by atoms with Gasteiger partial charge in [-0.3, -0.25) is 4.98 Å². The van der Waals surface area contributed by atoms with Crippen molar-refractivity contribution in [2.45, 2.75) is 13.3 Å². The molecule has 20 heavy (non-hydrogen) atoms. The van der Waals surface area contributed by atoms with E-state index in [-0.39, 0.29) is 0 Å². The van der Waals surface area contributed by atoms with Crippen LogP contribution >= 0.6 is 0 Å². The zero-order valence-electron chi connectivity index (χ0n) is 11.1. The molecule has 1 aromatic carbocycles. The third kappa shape index (κ3) is 2.51. The molecule has 0 fully saturated rings. The summed E-state index contributed by atoms with van der Waals surface area (Å²) in [6.07, 6.45) is 2.30. The van der Waals surface area contributed by atoms with Crippen molar-refractivity contribution in [2.75, 3.05) is 5.73 Å². The van der Waals surface area contributed by atoms with Crippen LogP contribution in [-0.4, -0.2) is 15.1 Å². The molecule has 0 bridgehead atoms. The van der Waals surface area contributed by atoms with E-state index in [1.165, 1.54) is 0 Å². The van der Waals surface area contributed by atoms with E-state index in [4.69, 9.17) is 10.3 Å². The van der Waals surface area contributed by atoms with E-state index in [1.807, 2.05) is 43.3 Å². The standard InChI is InChI=1S/C15H14N4O/c1-10-8-11(16)5-6-13(10)15-18-14(19-20-15)9-12-4-2-3-7-17-12/h2-8H,9,16H2,1H3. The highest BCUT2D eigenvalue weighted by atomic mass is 16.5. The number of hydrogen-bond acceptors (Lipinski definition) is 5. The van der Waals surface area contributed by atoms with Crippen molar-refractivity contribution in [1.82, 2.24) is 15.1 Å². The first-order valence-corrected chi connectivity index (χ1v) is 6.31. The normalized spacial score (nSPS) is 10.7. The van der Waals surface area contributed by atoms with Crippen LogP contribution in [0.2, 0.25) is 0 Å². The smallest absolute Gasteiger partial charge is 0.258 e. The molecule has 2 aromatic heterocycles. The Morgan fingerprint density at radius 2 is 2.10 bits per heavy atom. The van der Waals surface area contributed by atoms with Crippen LogP contribution in [0.15, 0.2) is 47.1 Å². The number of aromatic nitrogens is 3. The topological polar surface area (TPSA) is 77.8 Å². The lowest BCUT2D eigenvalue weighted by molar-refractivity contribution is 0.423. The second-order valence-corrected chi connectivity index (χ2v) is 4.59. The van der Waals surface area contributed by atoms with Gasteiger partial charge < -0.3 is 10.3 Å². The molecule has 5 heteroatoms. The van der Waals surface area contributed by atoms with E-state index < -0.39 is 0 Å². The summed E-state index contributed by atoms with van der Waals surface area (Å²) in [5, 5.41) is 3.99. The second-order valence-electron chi connectivity index (χ2n) is 4.59. The molecule has 5 nitrogen and oxygen atoms in total.